The highest BCUT2D eigenvalue weighted by Crippen LogP contribution is 2.31. The van der Waals surface area contributed by atoms with Gasteiger partial charge in [0.1, 0.15) is 5.75 Å². The van der Waals surface area contributed by atoms with Crippen molar-refractivity contribution in [3.63, 3.8) is 0 Å². The molecule has 0 aliphatic carbocycles. The average molecular weight is 526 g/mol. The van der Waals surface area contributed by atoms with Crippen LogP contribution < -0.4 is 24.5 Å². The highest BCUT2D eigenvalue weighted by Gasteiger charge is 2.33. The molecule has 188 valence electrons. The second kappa shape index (κ2) is 10.7. The van der Waals surface area contributed by atoms with E-state index < -0.39 is 12.0 Å². The van der Waals surface area contributed by atoms with Crippen molar-refractivity contribution in [3.05, 3.63) is 89.6 Å². The summed E-state index contributed by atoms with van der Waals surface area (Å²) < 4.78 is 12.7. The molecule has 1 aliphatic rings. The number of fused-ring (bicyclic) bond motifs is 1. The van der Waals surface area contributed by atoms with Gasteiger partial charge in [0.25, 0.3) is 5.56 Å². The third-order valence-corrected chi connectivity index (χ3v) is 7.48. The Morgan fingerprint density at radius 3 is 2.47 bits per heavy atom. The van der Waals surface area contributed by atoms with E-state index in [2.05, 4.69) is 23.7 Å². The molecule has 3 aromatic rings. The summed E-state index contributed by atoms with van der Waals surface area (Å²) in [7, 11) is 2.94. The fourth-order valence-corrected chi connectivity index (χ4v) is 5.56. The van der Waals surface area contributed by atoms with Crippen LogP contribution in [0.15, 0.2) is 63.5 Å². The molecule has 36 heavy (non-hydrogen) atoms. The van der Waals surface area contributed by atoms with Gasteiger partial charge in [-0.15, -0.1) is 0 Å². The van der Waals surface area contributed by atoms with Gasteiger partial charge >= 0.3 is 5.97 Å². The zero-order valence-corrected chi connectivity index (χ0v) is 22.4. The molecule has 0 radical (unpaired) electrons. The fraction of sp³-hybridized carbons (Fsp3) is 0.296. The number of hydrogen-bond donors (Lipinski definition) is 0. The van der Waals surface area contributed by atoms with Crippen molar-refractivity contribution in [1.29, 1.82) is 0 Å². The highest BCUT2D eigenvalue weighted by molar-refractivity contribution is 7.07. The van der Waals surface area contributed by atoms with E-state index in [4.69, 9.17) is 21.1 Å². The average Bonchev–Trinajstić information content (AvgIpc) is 3.18. The topological polar surface area (TPSA) is 73.1 Å². The highest BCUT2D eigenvalue weighted by atomic mass is 35.5. The number of esters is 1. The predicted molar refractivity (Wildman–Crippen MR) is 144 cm³/mol. The van der Waals surface area contributed by atoms with Gasteiger partial charge in [-0.1, -0.05) is 35.1 Å². The summed E-state index contributed by atoms with van der Waals surface area (Å²) in [5.41, 5.74) is 3.16. The lowest BCUT2D eigenvalue weighted by Crippen LogP contribution is -2.39. The number of carbonyl (C=O) groups is 1. The maximum Gasteiger partial charge on any atom is 0.338 e. The molecule has 2 heterocycles. The number of methoxy groups -OCH3 is 2. The minimum atomic E-state index is -0.681. The number of thiazole rings is 1. The lowest BCUT2D eigenvalue weighted by Gasteiger charge is -2.24. The summed E-state index contributed by atoms with van der Waals surface area (Å²) in [4.78, 5) is 33.8. The lowest BCUT2D eigenvalue weighted by atomic mass is 9.96. The molecule has 0 unspecified atom stereocenters. The number of anilines is 1. The van der Waals surface area contributed by atoms with Crippen LogP contribution in [0.25, 0.3) is 6.08 Å². The monoisotopic (exact) mass is 525 g/mol. The Balaban J connectivity index is 1.91. The Morgan fingerprint density at radius 1 is 1.17 bits per heavy atom. The first-order valence-corrected chi connectivity index (χ1v) is 12.8. The van der Waals surface area contributed by atoms with Gasteiger partial charge in [0.15, 0.2) is 4.80 Å². The largest absolute Gasteiger partial charge is 0.496 e. The lowest BCUT2D eigenvalue weighted by molar-refractivity contribution is -0.136. The molecular formula is C27H28ClN3O4S. The van der Waals surface area contributed by atoms with Crippen molar-refractivity contribution in [2.24, 2.45) is 4.99 Å². The number of carbonyl (C=O) groups excluding carboxylic acids is 1. The van der Waals surface area contributed by atoms with Crippen molar-refractivity contribution in [1.82, 2.24) is 4.57 Å². The van der Waals surface area contributed by atoms with E-state index in [1.54, 1.807) is 42.9 Å². The van der Waals surface area contributed by atoms with Gasteiger partial charge in [0.05, 0.1) is 36.1 Å². The van der Waals surface area contributed by atoms with Gasteiger partial charge in [0, 0.05) is 35.4 Å². The molecule has 1 aliphatic heterocycles. The van der Waals surface area contributed by atoms with Crippen LogP contribution >= 0.6 is 22.9 Å². The number of ether oxygens (including phenoxy) is 2. The van der Waals surface area contributed by atoms with Gasteiger partial charge < -0.3 is 14.4 Å². The minimum Gasteiger partial charge on any atom is -0.496 e. The summed E-state index contributed by atoms with van der Waals surface area (Å²) in [6, 6.07) is 12.4. The molecule has 0 saturated carbocycles. The van der Waals surface area contributed by atoms with Gasteiger partial charge in [0.2, 0.25) is 0 Å². The second-order valence-electron chi connectivity index (χ2n) is 8.22. The Bertz CT molecular complexity index is 1500. The van der Waals surface area contributed by atoms with Crippen LogP contribution in [0.1, 0.15) is 37.9 Å². The maximum absolute atomic E-state index is 13.7. The first kappa shape index (κ1) is 25.7. The molecule has 2 aromatic carbocycles. The summed E-state index contributed by atoms with van der Waals surface area (Å²) in [5, 5.41) is 0.562. The Morgan fingerprint density at radius 2 is 1.86 bits per heavy atom. The number of allylic oxidation sites excluding steroid dienone is 1. The number of aromatic nitrogens is 1. The third kappa shape index (κ3) is 4.70. The smallest absolute Gasteiger partial charge is 0.338 e. The van der Waals surface area contributed by atoms with E-state index in [1.165, 1.54) is 18.4 Å². The summed E-state index contributed by atoms with van der Waals surface area (Å²) >= 11 is 7.37. The summed E-state index contributed by atoms with van der Waals surface area (Å²) in [6.07, 6.45) is 1.81. The predicted octanol–water partition coefficient (Wildman–Crippen LogP) is 3.92. The summed E-state index contributed by atoms with van der Waals surface area (Å²) in [5.74, 6) is 0.144. The molecule has 0 amide bonds. The molecule has 0 N–H and O–H groups in total. The molecule has 9 heteroatoms. The van der Waals surface area contributed by atoms with Gasteiger partial charge in [-0.05, 0) is 56.7 Å². The number of hydrogen-bond acceptors (Lipinski definition) is 7. The molecule has 0 saturated heterocycles. The van der Waals surface area contributed by atoms with Crippen LogP contribution in [0.3, 0.4) is 0 Å². The molecular weight excluding hydrogens is 498 g/mol. The molecule has 0 fully saturated rings. The quantitative estimate of drug-likeness (QED) is 0.437. The molecule has 4 rings (SSSR count). The van der Waals surface area contributed by atoms with Crippen molar-refractivity contribution >= 4 is 40.7 Å². The van der Waals surface area contributed by atoms with Crippen LogP contribution in [-0.2, 0) is 9.53 Å². The third-order valence-electron chi connectivity index (χ3n) is 6.24. The van der Waals surface area contributed by atoms with Crippen molar-refractivity contribution in [3.8, 4) is 5.75 Å². The van der Waals surface area contributed by atoms with E-state index in [0.29, 0.717) is 31.4 Å². The van der Waals surface area contributed by atoms with E-state index in [0.717, 1.165) is 29.9 Å². The molecule has 1 aromatic heterocycles. The molecule has 1 atom stereocenters. The fourth-order valence-electron chi connectivity index (χ4n) is 4.40. The zero-order valence-electron chi connectivity index (χ0n) is 20.9. The molecule has 0 bridgehead atoms. The van der Waals surface area contributed by atoms with Crippen molar-refractivity contribution < 1.29 is 14.3 Å². The summed E-state index contributed by atoms with van der Waals surface area (Å²) in [6.45, 7) is 7.72. The standard InChI is InChI=1S/C27H28ClN3O4S/c1-6-30(7-2)20-13-10-18(21(15-20)34-4)14-22-25(32)31-24(17-8-11-19(28)12-9-17)23(26(33)35-5)16(3)29-27(31)36-22/h8-15,24H,6-7H2,1-5H3/b22-14-/t24-/m0/s1. The van der Waals surface area contributed by atoms with Crippen LogP contribution in [0.5, 0.6) is 5.75 Å². The Kier molecular flexibility index (Phi) is 7.66. The number of nitrogens with zero attached hydrogens (tertiary/aromatic N) is 3. The van der Waals surface area contributed by atoms with Gasteiger partial charge in [-0.25, -0.2) is 9.79 Å². The van der Waals surface area contributed by atoms with Gasteiger partial charge in [-0.3, -0.25) is 9.36 Å². The van der Waals surface area contributed by atoms with Crippen LogP contribution in [0, 0.1) is 0 Å². The SMILES string of the molecule is CCN(CC)c1ccc(/C=c2\sc3n(c2=O)[C@@H](c2ccc(Cl)cc2)C(C(=O)OC)=C(C)N=3)c(OC)c1. The van der Waals surface area contributed by atoms with E-state index in [-0.39, 0.29) is 5.56 Å². The normalized spacial score (nSPS) is 15.4. The maximum atomic E-state index is 13.7. The Hall–Kier alpha value is -3.36. The van der Waals surface area contributed by atoms with Gasteiger partial charge in [-0.2, -0.15) is 0 Å². The molecule has 7 nitrogen and oxygen atoms in total. The number of benzene rings is 2. The van der Waals surface area contributed by atoms with Crippen molar-refractivity contribution in [2.75, 3.05) is 32.2 Å². The second-order valence-corrected chi connectivity index (χ2v) is 9.67. The first-order valence-electron chi connectivity index (χ1n) is 11.6. The molecule has 0 spiro atoms. The van der Waals surface area contributed by atoms with E-state index in [9.17, 15) is 9.59 Å². The zero-order chi connectivity index (χ0) is 26.0. The van der Waals surface area contributed by atoms with Crippen LogP contribution in [0.2, 0.25) is 5.02 Å². The van der Waals surface area contributed by atoms with E-state index in [1.807, 2.05) is 24.3 Å². The number of rotatable bonds is 7. The minimum absolute atomic E-state index is 0.248. The first-order chi connectivity index (χ1) is 17.3. The van der Waals surface area contributed by atoms with E-state index >= 15 is 0 Å². The van der Waals surface area contributed by atoms with Crippen LogP contribution in [-0.4, -0.2) is 37.8 Å². The Labute approximate surface area is 218 Å². The van der Waals surface area contributed by atoms with Crippen LogP contribution in [0.4, 0.5) is 5.69 Å². The number of halogens is 1. The van der Waals surface area contributed by atoms with Crippen molar-refractivity contribution in [2.45, 2.75) is 26.8 Å².